The van der Waals surface area contributed by atoms with Gasteiger partial charge in [0.25, 0.3) is 5.91 Å². The average Bonchev–Trinajstić information content (AvgIpc) is 2.98. The molecular weight excluding hydrogens is 336 g/mol. The van der Waals surface area contributed by atoms with Crippen LogP contribution in [0.15, 0.2) is 27.6 Å². The number of hydrogen-bond acceptors (Lipinski definition) is 6. The zero-order chi connectivity index (χ0) is 17.6. The van der Waals surface area contributed by atoms with Crippen molar-refractivity contribution in [2.45, 2.75) is 38.8 Å². The lowest BCUT2D eigenvalue weighted by molar-refractivity contribution is 0.0785. The molecule has 1 aliphatic rings. The summed E-state index contributed by atoms with van der Waals surface area (Å²) in [6.45, 7) is 4.51. The molecule has 0 unspecified atom stereocenters. The van der Waals surface area contributed by atoms with E-state index in [4.69, 9.17) is 4.42 Å². The zero-order valence-electron chi connectivity index (χ0n) is 14.5. The molecule has 3 aromatic heterocycles. The third-order valence-electron chi connectivity index (χ3n) is 4.64. The lowest BCUT2D eigenvalue weighted by Gasteiger charge is -2.17. The van der Waals surface area contributed by atoms with Gasteiger partial charge in [0, 0.05) is 19.1 Å². The van der Waals surface area contributed by atoms with Crippen molar-refractivity contribution in [1.29, 1.82) is 0 Å². The van der Waals surface area contributed by atoms with Crippen LogP contribution in [0.1, 0.15) is 41.4 Å². The lowest BCUT2D eigenvalue weighted by Crippen LogP contribution is -2.26. The van der Waals surface area contributed by atoms with Crippen molar-refractivity contribution in [3.8, 4) is 0 Å². The number of aromatic nitrogens is 2. The van der Waals surface area contributed by atoms with Gasteiger partial charge in [0.2, 0.25) is 5.71 Å². The number of carbonyl (C=O) groups is 1. The number of nitrogens with one attached hydrogen (secondary N) is 1. The highest BCUT2D eigenvalue weighted by molar-refractivity contribution is 7.07. The summed E-state index contributed by atoms with van der Waals surface area (Å²) >= 11 is 1.63. The van der Waals surface area contributed by atoms with Gasteiger partial charge in [0.1, 0.15) is 17.9 Å². The van der Waals surface area contributed by atoms with Crippen LogP contribution in [0.25, 0.3) is 11.1 Å². The molecule has 0 atom stereocenters. The van der Waals surface area contributed by atoms with E-state index in [0.29, 0.717) is 34.8 Å². The minimum Gasteiger partial charge on any atom is -0.442 e. The lowest BCUT2D eigenvalue weighted by atomic mass is 10.1. The number of furan rings is 1. The van der Waals surface area contributed by atoms with Crippen LogP contribution in [-0.2, 0) is 6.54 Å². The molecule has 3 aromatic rings. The van der Waals surface area contributed by atoms with Crippen molar-refractivity contribution in [2.24, 2.45) is 0 Å². The van der Waals surface area contributed by atoms with Crippen molar-refractivity contribution in [3.05, 3.63) is 40.0 Å². The van der Waals surface area contributed by atoms with Crippen LogP contribution >= 0.6 is 11.3 Å². The van der Waals surface area contributed by atoms with Gasteiger partial charge in [-0.15, -0.1) is 0 Å². The minimum atomic E-state index is -0.0822. The molecule has 25 heavy (non-hydrogen) atoms. The Hall–Kier alpha value is -2.41. The molecule has 0 aromatic carbocycles. The van der Waals surface area contributed by atoms with E-state index < -0.39 is 0 Å². The normalized spacial score (nSPS) is 15.3. The number of carbonyl (C=O) groups excluding carboxylic acids is 1. The van der Waals surface area contributed by atoms with E-state index >= 15 is 0 Å². The molecule has 1 aliphatic carbocycles. The third-order valence-corrected chi connectivity index (χ3v) is 5.38. The van der Waals surface area contributed by atoms with Crippen LogP contribution in [0.4, 0.5) is 5.82 Å². The maximum absolute atomic E-state index is 13.1. The predicted molar refractivity (Wildman–Crippen MR) is 97.9 cm³/mol. The first-order chi connectivity index (χ1) is 12.0. The molecule has 7 heteroatoms. The van der Waals surface area contributed by atoms with E-state index in [9.17, 15) is 4.79 Å². The SMILES string of the molecule is Cc1oc2ncnc(NC3(C)CC3)c2c1C(=O)N(C)Cc1ccsc1. The summed E-state index contributed by atoms with van der Waals surface area (Å²) in [6, 6.07) is 2.03. The molecule has 0 spiro atoms. The second-order valence-electron chi connectivity index (χ2n) is 6.91. The summed E-state index contributed by atoms with van der Waals surface area (Å²) in [5.41, 5.74) is 2.16. The Labute approximate surface area is 149 Å². The average molecular weight is 356 g/mol. The number of nitrogens with zero attached hydrogens (tertiary/aromatic N) is 3. The van der Waals surface area contributed by atoms with Gasteiger partial charge in [-0.25, -0.2) is 9.97 Å². The molecule has 4 rings (SSSR count). The highest BCUT2D eigenvalue weighted by Gasteiger charge is 2.38. The Morgan fingerprint density at radius 3 is 2.92 bits per heavy atom. The summed E-state index contributed by atoms with van der Waals surface area (Å²) in [4.78, 5) is 23.4. The Bertz CT molecular complexity index is 928. The maximum atomic E-state index is 13.1. The van der Waals surface area contributed by atoms with Crippen LogP contribution in [-0.4, -0.2) is 33.4 Å². The quantitative estimate of drug-likeness (QED) is 0.752. The smallest absolute Gasteiger partial charge is 0.258 e. The molecule has 0 bridgehead atoms. The topological polar surface area (TPSA) is 71.3 Å². The first-order valence-corrected chi connectivity index (χ1v) is 9.20. The van der Waals surface area contributed by atoms with Crippen LogP contribution in [0.3, 0.4) is 0 Å². The Morgan fingerprint density at radius 2 is 2.24 bits per heavy atom. The maximum Gasteiger partial charge on any atom is 0.258 e. The summed E-state index contributed by atoms with van der Waals surface area (Å²) in [6.07, 6.45) is 3.66. The molecule has 130 valence electrons. The second kappa shape index (κ2) is 5.84. The first kappa shape index (κ1) is 16.1. The molecule has 1 N–H and O–H groups in total. The fourth-order valence-electron chi connectivity index (χ4n) is 2.91. The first-order valence-electron chi connectivity index (χ1n) is 8.26. The van der Waals surface area contributed by atoms with Crippen LogP contribution in [0.2, 0.25) is 0 Å². The zero-order valence-corrected chi connectivity index (χ0v) is 15.3. The Morgan fingerprint density at radius 1 is 1.44 bits per heavy atom. The van der Waals surface area contributed by atoms with E-state index in [1.807, 2.05) is 16.8 Å². The number of anilines is 1. The molecule has 3 heterocycles. The van der Waals surface area contributed by atoms with Gasteiger partial charge in [-0.3, -0.25) is 4.79 Å². The van der Waals surface area contributed by atoms with E-state index in [0.717, 1.165) is 18.4 Å². The third kappa shape index (κ3) is 3.00. The molecule has 1 saturated carbocycles. The van der Waals surface area contributed by atoms with E-state index in [-0.39, 0.29) is 11.4 Å². The second-order valence-corrected chi connectivity index (χ2v) is 7.69. The highest BCUT2D eigenvalue weighted by Crippen LogP contribution is 2.40. The fraction of sp³-hybridized carbons (Fsp3) is 0.389. The van der Waals surface area contributed by atoms with Gasteiger partial charge in [-0.05, 0) is 49.1 Å². The molecule has 0 saturated heterocycles. The molecule has 0 aliphatic heterocycles. The van der Waals surface area contributed by atoms with Gasteiger partial charge in [0.15, 0.2) is 0 Å². The van der Waals surface area contributed by atoms with E-state index in [1.165, 1.54) is 6.33 Å². The van der Waals surface area contributed by atoms with Gasteiger partial charge in [-0.1, -0.05) is 0 Å². The van der Waals surface area contributed by atoms with Crippen LogP contribution < -0.4 is 5.32 Å². The number of amides is 1. The van der Waals surface area contributed by atoms with Crippen molar-refractivity contribution in [2.75, 3.05) is 12.4 Å². The highest BCUT2D eigenvalue weighted by atomic mass is 32.1. The molecular formula is C18H20N4O2S. The summed E-state index contributed by atoms with van der Waals surface area (Å²) in [5.74, 6) is 1.16. The van der Waals surface area contributed by atoms with Crippen LogP contribution in [0, 0.1) is 6.92 Å². The largest absolute Gasteiger partial charge is 0.442 e. The summed E-state index contributed by atoms with van der Waals surface area (Å²) in [7, 11) is 1.80. The predicted octanol–water partition coefficient (Wildman–Crippen LogP) is 3.83. The van der Waals surface area contributed by atoms with Crippen molar-refractivity contribution < 1.29 is 9.21 Å². The molecule has 6 nitrogen and oxygen atoms in total. The molecule has 1 amide bonds. The van der Waals surface area contributed by atoms with Crippen molar-refractivity contribution in [1.82, 2.24) is 14.9 Å². The Balaban J connectivity index is 1.72. The number of hydrogen-bond donors (Lipinski definition) is 1. The van der Waals surface area contributed by atoms with Crippen molar-refractivity contribution in [3.63, 3.8) is 0 Å². The number of thiophene rings is 1. The number of fused-ring (bicyclic) bond motifs is 1. The van der Waals surface area contributed by atoms with Gasteiger partial charge >= 0.3 is 0 Å². The molecule has 1 fully saturated rings. The van der Waals surface area contributed by atoms with E-state index in [2.05, 4.69) is 22.2 Å². The van der Waals surface area contributed by atoms with Gasteiger partial charge < -0.3 is 14.6 Å². The fourth-order valence-corrected chi connectivity index (χ4v) is 3.57. The number of aryl methyl sites for hydroxylation is 1. The number of rotatable bonds is 5. The van der Waals surface area contributed by atoms with Gasteiger partial charge in [0.05, 0.1) is 10.9 Å². The summed E-state index contributed by atoms with van der Waals surface area (Å²) < 4.78 is 5.74. The standard InChI is InChI=1S/C18H20N4O2S/c1-11-13(17(23)22(3)8-12-4-7-25-9-12)14-15(21-18(2)5-6-18)19-10-20-16(14)24-11/h4,7,9-10H,5-6,8H2,1-3H3,(H,19,20,21). The minimum absolute atomic E-state index is 0.0509. The Kier molecular flexibility index (Phi) is 3.76. The van der Waals surface area contributed by atoms with Gasteiger partial charge in [-0.2, -0.15) is 11.3 Å². The monoisotopic (exact) mass is 356 g/mol. The van der Waals surface area contributed by atoms with Crippen molar-refractivity contribution >= 4 is 34.2 Å². The van der Waals surface area contributed by atoms with E-state index in [1.54, 1.807) is 30.2 Å². The van der Waals surface area contributed by atoms with Crippen LogP contribution in [0.5, 0.6) is 0 Å². The summed E-state index contributed by atoms with van der Waals surface area (Å²) in [5, 5.41) is 8.19. The molecule has 0 radical (unpaired) electrons.